The van der Waals surface area contributed by atoms with E-state index in [0.717, 1.165) is 35.8 Å². The summed E-state index contributed by atoms with van der Waals surface area (Å²) in [7, 11) is 5.01. The predicted octanol–water partition coefficient (Wildman–Crippen LogP) is 2.85. The summed E-state index contributed by atoms with van der Waals surface area (Å²) < 4.78 is 15.7. The molecule has 0 radical (unpaired) electrons. The van der Waals surface area contributed by atoms with Gasteiger partial charge in [-0.15, -0.1) is 0 Å². The molecule has 0 aliphatic rings. The van der Waals surface area contributed by atoms with Gasteiger partial charge in [-0.1, -0.05) is 0 Å². The van der Waals surface area contributed by atoms with E-state index in [1.165, 1.54) is 0 Å². The number of rotatable bonds is 7. The lowest BCUT2D eigenvalue weighted by Crippen LogP contribution is -2.17. The van der Waals surface area contributed by atoms with Gasteiger partial charge in [0, 0.05) is 31.5 Å². The van der Waals surface area contributed by atoms with Gasteiger partial charge in [-0.3, -0.25) is 0 Å². The van der Waals surface area contributed by atoms with E-state index >= 15 is 0 Å². The maximum absolute atomic E-state index is 5.30. The number of nitrogens with one attached hydrogen (secondary N) is 1. The smallest absolute Gasteiger partial charge is 0.162 e. The average Bonchev–Trinajstić information content (AvgIpc) is 2.38. The topological polar surface area (TPSA) is 39.7 Å². The number of hydrogen-bond donors (Lipinski definition) is 1. The van der Waals surface area contributed by atoms with Crippen LogP contribution in [0.3, 0.4) is 0 Å². The SMILES string of the molecule is COCCC(C)Nc1cc(OC)c(OC)cc1C. The third-order valence-corrected chi connectivity index (χ3v) is 2.89. The van der Waals surface area contributed by atoms with Crippen LogP contribution in [0.25, 0.3) is 0 Å². The third-order valence-electron chi connectivity index (χ3n) is 2.89. The summed E-state index contributed by atoms with van der Waals surface area (Å²) in [5.74, 6) is 1.50. The second-order valence-corrected chi connectivity index (χ2v) is 4.35. The first-order valence-electron chi connectivity index (χ1n) is 6.10. The molecule has 0 heterocycles. The first-order valence-corrected chi connectivity index (χ1v) is 6.10. The minimum atomic E-state index is 0.349. The molecular formula is C14H23NO3. The molecule has 18 heavy (non-hydrogen) atoms. The van der Waals surface area contributed by atoms with Crippen LogP contribution in [0.15, 0.2) is 12.1 Å². The molecule has 0 saturated heterocycles. The lowest BCUT2D eigenvalue weighted by molar-refractivity contribution is 0.191. The van der Waals surface area contributed by atoms with Crippen LogP contribution in [-0.2, 0) is 4.74 Å². The van der Waals surface area contributed by atoms with Crippen LogP contribution in [0, 0.1) is 6.92 Å². The molecule has 0 aromatic heterocycles. The zero-order valence-corrected chi connectivity index (χ0v) is 11.9. The van der Waals surface area contributed by atoms with Crippen molar-refractivity contribution in [1.29, 1.82) is 0 Å². The standard InChI is InChI=1S/C14H23NO3/c1-10-8-13(17-4)14(18-5)9-12(10)15-11(2)6-7-16-3/h8-9,11,15H,6-7H2,1-5H3. The maximum atomic E-state index is 5.30. The van der Waals surface area contributed by atoms with Crippen molar-refractivity contribution in [2.24, 2.45) is 0 Å². The van der Waals surface area contributed by atoms with Crippen LogP contribution in [0.4, 0.5) is 5.69 Å². The maximum Gasteiger partial charge on any atom is 0.162 e. The fourth-order valence-electron chi connectivity index (χ4n) is 1.77. The number of anilines is 1. The van der Waals surface area contributed by atoms with Gasteiger partial charge in [0.05, 0.1) is 14.2 Å². The normalized spacial score (nSPS) is 12.1. The number of aryl methyl sites for hydroxylation is 1. The molecule has 1 aromatic rings. The largest absolute Gasteiger partial charge is 0.493 e. The molecular weight excluding hydrogens is 230 g/mol. The van der Waals surface area contributed by atoms with E-state index in [4.69, 9.17) is 14.2 Å². The van der Waals surface area contributed by atoms with Gasteiger partial charge >= 0.3 is 0 Å². The number of benzene rings is 1. The highest BCUT2D eigenvalue weighted by Gasteiger charge is 2.10. The Kier molecular flexibility index (Phi) is 5.78. The molecule has 1 aromatic carbocycles. The summed E-state index contributed by atoms with van der Waals surface area (Å²) >= 11 is 0. The van der Waals surface area contributed by atoms with Crippen LogP contribution < -0.4 is 14.8 Å². The van der Waals surface area contributed by atoms with Crippen molar-refractivity contribution >= 4 is 5.69 Å². The van der Waals surface area contributed by atoms with E-state index in [1.54, 1.807) is 21.3 Å². The van der Waals surface area contributed by atoms with Crippen molar-refractivity contribution in [3.8, 4) is 11.5 Å². The summed E-state index contributed by atoms with van der Waals surface area (Å²) in [5.41, 5.74) is 2.20. The Morgan fingerprint density at radius 2 is 1.72 bits per heavy atom. The van der Waals surface area contributed by atoms with Crippen LogP contribution in [-0.4, -0.2) is 34.0 Å². The minimum Gasteiger partial charge on any atom is -0.493 e. The molecule has 0 amide bonds. The quantitative estimate of drug-likeness (QED) is 0.811. The van der Waals surface area contributed by atoms with Gasteiger partial charge in [0.25, 0.3) is 0 Å². The molecule has 1 N–H and O–H groups in total. The molecule has 1 atom stereocenters. The molecule has 0 aliphatic heterocycles. The Bertz CT molecular complexity index is 380. The molecule has 0 spiro atoms. The van der Waals surface area contributed by atoms with Crippen LogP contribution in [0.5, 0.6) is 11.5 Å². The van der Waals surface area contributed by atoms with Crippen LogP contribution in [0.1, 0.15) is 18.9 Å². The second kappa shape index (κ2) is 7.11. The molecule has 4 heteroatoms. The van der Waals surface area contributed by atoms with Crippen molar-refractivity contribution in [3.63, 3.8) is 0 Å². The van der Waals surface area contributed by atoms with Gasteiger partial charge in [-0.2, -0.15) is 0 Å². The number of ether oxygens (including phenoxy) is 3. The van der Waals surface area contributed by atoms with Crippen molar-refractivity contribution in [1.82, 2.24) is 0 Å². The van der Waals surface area contributed by atoms with E-state index in [1.807, 2.05) is 19.1 Å². The lowest BCUT2D eigenvalue weighted by Gasteiger charge is -2.18. The minimum absolute atomic E-state index is 0.349. The summed E-state index contributed by atoms with van der Waals surface area (Å²) in [6.07, 6.45) is 0.963. The van der Waals surface area contributed by atoms with E-state index in [2.05, 4.69) is 12.2 Å². The Balaban J connectivity index is 2.82. The van der Waals surface area contributed by atoms with Gasteiger partial charge < -0.3 is 19.5 Å². The van der Waals surface area contributed by atoms with Crippen LogP contribution >= 0.6 is 0 Å². The predicted molar refractivity (Wildman–Crippen MR) is 73.9 cm³/mol. The first kappa shape index (κ1) is 14.6. The Morgan fingerprint density at radius 1 is 1.11 bits per heavy atom. The van der Waals surface area contributed by atoms with Gasteiger partial charge in [0.15, 0.2) is 11.5 Å². The highest BCUT2D eigenvalue weighted by Crippen LogP contribution is 2.33. The summed E-state index contributed by atoms with van der Waals surface area (Å²) in [4.78, 5) is 0. The molecule has 1 unspecified atom stereocenters. The van der Waals surface area contributed by atoms with Crippen LogP contribution in [0.2, 0.25) is 0 Å². The molecule has 0 bridgehead atoms. The number of hydrogen-bond acceptors (Lipinski definition) is 4. The van der Waals surface area contributed by atoms with E-state index in [0.29, 0.717) is 6.04 Å². The summed E-state index contributed by atoms with van der Waals surface area (Å²) in [6, 6.07) is 4.29. The number of methoxy groups -OCH3 is 3. The Hall–Kier alpha value is -1.42. The summed E-state index contributed by atoms with van der Waals surface area (Å²) in [6.45, 7) is 4.93. The van der Waals surface area contributed by atoms with Gasteiger partial charge in [0.1, 0.15) is 0 Å². The van der Waals surface area contributed by atoms with Gasteiger partial charge in [-0.25, -0.2) is 0 Å². The summed E-state index contributed by atoms with van der Waals surface area (Å²) in [5, 5.41) is 3.46. The van der Waals surface area contributed by atoms with E-state index in [9.17, 15) is 0 Å². The lowest BCUT2D eigenvalue weighted by atomic mass is 10.1. The fourth-order valence-corrected chi connectivity index (χ4v) is 1.77. The average molecular weight is 253 g/mol. The highest BCUT2D eigenvalue weighted by molar-refractivity contribution is 5.60. The third kappa shape index (κ3) is 3.81. The molecule has 0 saturated carbocycles. The van der Waals surface area contributed by atoms with Crippen molar-refractivity contribution in [2.45, 2.75) is 26.3 Å². The molecule has 1 rings (SSSR count). The molecule has 102 valence electrons. The zero-order chi connectivity index (χ0) is 13.5. The van der Waals surface area contributed by atoms with Crippen molar-refractivity contribution < 1.29 is 14.2 Å². The fraction of sp³-hybridized carbons (Fsp3) is 0.571. The molecule has 0 aliphatic carbocycles. The van der Waals surface area contributed by atoms with E-state index in [-0.39, 0.29) is 0 Å². The first-order chi connectivity index (χ1) is 8.62. The molecule has 4 nitrogen and oxygen atoms in total. The van der Waals surface area contributed by atoms with E-state index < -0.39 is 0 Å². The van der Waals surface area contributed by atoms with Crippen molar-refractivity contribution in [2.75, 3.05) is 33.3 Å². The Labute approximate surface area is 109 Å². The van der Waals surface area contributed by atoms with Gasteiger partial charge in [-0.05, 0) is 31.9 Å². The highest BCUT2D eigenvalue weighted by atomic mass is 16.5. The van der Waals surface area contributed by atoms with Gasteiger partial charge in [0.2, 0.25) is 0 Å². The zero-order valence-electron chi connectivity index (χ0n) is 11.9. The Morgan fingerprint density at radius 3 is 2.28 bits per heavy atom. The molecule has 0 fully saturated rings. The second-order valence-electron chi connectivity index (χ2n) is 4.35. The van der Waals surface area contributed by atoms with Crippen molar-refractivity contribution in [3.05, 3.63) is 17.7 Å². The monoisotopic (exact) mass is 253 g/mol.